The first-order valence-corrected chi connectivity index (χ1v) is 12.9. The number of benzene rings is 2. The molecule has 0 saturated carbocycles. The zero-order valence-electron chi connectivity index (χ0n) is 19.4. The van der Waals surface area contributed by atoms with Crippen LogP contribution in [-0.2, 0) is 9.59 Å². The van der Waals surface area contributed by atoms with Gasteiger partial charge in [-0.25, -0.2) is 4.98 Å². The van der Waals surface area contributed by atoms with Crippen LogP contribution < -0.4 is 10.6 Å². The van der Waals surface area contributed by atoms with Gasteiger partial charge in [0.1, 0.15) is 10.1 Å². The van der Waals surface area contributed by atoms with Crippen molar-refractivity contribution in [1.82, 2.24) is 9.88 Å². The third-order valence-corrected chi connectivity index (χ3v) is 8.04. The summed E-state index contributed by atoms with van der Waals surface area (Å²) in [5, 5.41) is 1.00. The molecule has 2 aliphatic rings. The number of nitrogens with two attached hydrogens (primary N) is 1. The number of rotatable bonds is 5. The number of piperidine rings is 1. The number of hydrogen-bond acceptors (Lipinski definition) is 6. The predicted octanol–water partition coefficient (Wildman–Crippen LogP) is 4.90. The fourth-order valence-corrected chi connectivity index (χ4v) is 6.10. The van der Waals surface area contributed by atoms with E-state index in [2.05, 4.69) is 11.0 Å². The summed E-state index contributed by atoms with van der Waals surface area (Å²) in [5.74, 6) is 0.370. The van der Waals surface area contributed by atoms with Crippen molar-refractivity contribution < 1.29 is 9.59 Å². The van der Waals surface area contributed by atoms with Gasteiger partial charge in [-0.2, -0.15) is 0 Å². The first-order valence-electron chi connectivity index (χ1n) is 11.7. The Kier molecular flexibility index (Phi) is 6.58. The second-order valence-corrected chi connectivity index (χ2v) is 10.6. The van der Waals surface area contributed by atoms with Gasteiger partial charge in [0.2, 0.25) is 5.91 Å². The van der Waals surface area contributed by atoms with Crippen molar-refractivity contribution in [1.29, 1.82) is 0 Å². The van der Waals surface area contributed by atoms with Gasteiger partial charge in [0, 0.05) is 30.0 Å². The Bertz CT molecular complexity index is 1330. The molecule has 35 heavy (non-hydrogen) atoms. The summed E-state index contributed by atoms with van der Waals surface area (Å²) >= 11 is 6.94. The Labute approximate surface area is 214 Å². The molecular formula is C27H26N4O2S2. The Morgan fingerprint density at radius 3 is 2.54 bits per heavy atom. The van der Waals surface area contributed by atoms with Crippen molar-refractivity contribution in [2.45, 2.75) is 25.8 Å². The fraction of sp³-hybridized carbons (Fsp3) is 0.259. The van der Waals surface area contributed by atoms with Gasteiger partial charge >= 0.3 is 0 Å². The minimum atomic E-state index is -0.243. The number of anilines is 1. The molecule has 1 unspecified atom stereocenters. The SMILES string of the molecule is CC(c1ccccc1)N1C(=O)/C(=C/c2cc3ccccc3nc2N2CCC(C(N)=O)CC2)SC1=S. The van der Waals surface area contributed by atoms with Gasteiger partial charge in [0.15, 0.2) is 0 Å². The van der Waals surface area contributed by atoms with E-state index >= 15 is 0 Å². The van der Waals surface area contributed by atoms with E-state index in [4.69, 9.17) is 22.9 Å². The molecule has 8 heteroatoms. The number of fused-ring (bicyclic) bond motifs is 1. The van der Waals surface area contributed by atoms with E-state index in [9.17, 15) is 9.59 Å². The molecule has 178 valence electrons. The molecule has 1 aromatic heterocycles. The average Bonchev–Trinajstić information content (AvgIpc) is 3.16. The number of para-hydroxylation sites is 1. The molecule has 2 amide bonds. The standard InChI is InChI=1S/C27H26N4O2S2/c1-17(18-7-3-2-4-8-18)31-26(33)23(35-27(31)34)16-21-15-20-9-5-6-10-22(20)29-25(21)30-13-11-19(12-14-30)24(28)32/h2-10,15-17,19H,11-14H2,1H3,(H2,28,32)/b23-16-. The van der Waals surface area contributed by atoms with Crippen molar-refractivity contribution >= 4 is 62.9 Å². The minimum Gasteiger partial charge on any atom is -0.369 e. The number of thiocarbonyl (C=S) groups is 1. The second-order valence-electron chi connectivity index (χ2n) is 8.90. The van der Waals surface area contributed by atoms with E-state index in [0.717, 1.165) is 27.8 Å². The highest BCUT2D eigenvalue weighted by Gasteiger charge is 2.36. The molecule has 5 rings (SSSR count). The maximum absolute atomic E-state index is 13.5. The largest absolute Gasteiger partial charge is 0.369 e. The van der Waals surface area contributed by atoms with Crippen LogP contribution in [0.5, 0.6) is 0 Å². The smallest absolute Gasteiger partial charge is 0.266 e. The van der Waals surface area contributed by atoms with Crippen LogP contribution in [0.15, 0.2) is 65.6 Å². The van der Waals surface area contributed by atoms with Crippen molar-refractivity contribution in [3.63, 3.8) is 0 Å². The van der Waals surface area contributed by atoms with E-state index < -0.39 is 0 Å². The molecule has 0 radical (unpaired) electrons. The first-order chi connectivity index (χ1) is 16.9. The van der Waals surface area contributed by atoms with Crippen LogP contribution in [0.25, 0.3) is 17.0 Å². The third-order valence-electron chi connectivity index (χ3n) is 6.71. The Morgan fingerprint density at radius 2 is 1.83 bits per heavy atom. The topological polar surface area (TPSA) is 79.5 Å². The van der Waals surface area contributed by atoms with Crippen molar-refractivity contribution in [3.8, 4) is 0 Å². The van der Waals surface area contributed by atoms with Crippen LogP contribution in [0, 0.1) is 5.92 Å². The number of amides is 2. The van der Waals surface area contributed by atoms with Crippen LogP contribution in [0.4, 0.5) is 5.82 Å². The zero-order chi connectivity index (χ0) is 24.5. The molecule has 1 atom stereocenters. The summed E-state index contributed by atoms with van der Waals surface area (Å²) in [7, 11) is 0. The maximum atomic E-state index is 13.5. The van der Waals surface area contributed by atoms with Crippen molar-refractivity contribution in [2.24, 2.45) is 11.7 Å². The lowest BCUT2D eigenvalue weighted by atomic mass is 9.96. The lowest BCUT2D eigenvalue weighted by Crippen LogP contribution is -2.39. The van der Waals surface area contributed by atoms with Crippen LogP contribution in [0.1, 0.15) is 36.9 Å². The monoisotopic (exact) mass is 502 g/mol. The number of thioether (sulfide) groups is 1. The first kappa shape index (κ1) is 23.5. The van der Waals surface area contributed by atoms with Gasteiger partial charge in [-0.15, -0.1) is 0 Å². The molecule has 3 aromatic rings. The molecule has 2 aromatic carbocycles. The lowest BCUT2D eigenvalue weighted by Gasteiger charge is -2.32. The molecule has 2 saturated heterocycles. The van der Waals surface area contributed by atoms with Crippen LogP contribution in [-0.4, -0.2) is 39.1 Å². The number of hydrogen-bond donors (Lipinski definition) is 1. The Morgan fingerprint density at radius 1 is 1.14 bits per heavy atom. The number of pyridine rings is 1. The summed E-state index contributed by atoms with van der Waals surface area (Å²) in [5.41, 5.74) is 8.33. The average molecular weight is 503 g/mol. The summed E-state index contributed by atoms with van der Waals surface area (Å²) < 4.78 is 0.551. The van der Waals surface area contributed by atoms with Crippen molar-refractivity contribution in [3.05, 3.63) is 76.7 Å². The molecule has 2 fully saturated rings. The number of aromatic nitrogens is 1. The maximum Gasteiger partial charge on any atom is 0.266 e. The number of nitrogens with zero attached hydrogens (tertiary/aromatic N) is 3. The van der Waals surface area contributed by atoms with E-state index in [1.165, 1.54) is 11.8 Å². The van der Waals surface area contributed by atoms with Crippen LogP contribution in [0.3, 0.4) is 0 Å². The Hall–Kier alpha value is -3.23. The summed E-state index contributed by atoms with van der Waals surface area (Å²) in [6, 6.07) is 19.8. The summed E-state index contributed by atoms with van der Waals surface area (Å²) in [6.07, 6.45) is 3.30. The highest BCUT2D eigenvalue weighted by atomic mass is 32.2. The van der Waals surface area contributed by atoms with Gasteiger partial charge in [-0.3, -0.25) is 14.5 Å². The van der Waals surface area contributed by atoms with Gasteiger partial charge in [0.05, 0.1) is 16.5 Å². The van der Waals surface area contributed by atoms with E-state index in [1.54, 1.807) is 4.90 Å². The van der Waals surface area contributed by atoms with Gasteiger partial charge < -0.3 is 10.6 Å². The third kappa shape index (κ3) is 4.68. The van der Waals surface area contributed by atoms with E-state index in [-0.39, 0.29) is 23.8 Å². The molecule has 0 aliphatic carbocycles. The van der Waals surface area contributed by atoms with Crippen molar-refractivity contribution in [2.75, 3.05) is 18.0 Å². The van der Waals surface area contributed by atoms with Gasteiger partial charge in [0.25, 0.3) is 5.91 Å². The molecule has 0 bridgehead atoms. The zero-order valence-corrected chi connectivity index (χ0v) is 21.0. The molecule has 2 N–H and O–H groups in total. The second kappa shape index (κ2) is 9.79. The van der Waals surface area contributed by atoms with Crippen LogP contribution in [0.2, 0.25) is 0 Å². The molecule has 2 aliphatic heterocycles. The number of carbonyl (C=O) groups is 2. The molecular weight excluding hydrogens is 476 g/mol. The lowest BCUT2D eigenvalue weighted by molar-refractivity contribution is -0.123. The fourth-order valence-electron chi connectivity index (χ4n) is 4.69. The summed E-state index contributed by atoms with van der Waals surface area (Å²) in [6.45, 7) is 3.37. The number of primary amides is 1. The normalized spacial score (nSPS) is 19.1. The Balaban J connectivity index is 1.50. The molecule has 0 spiro atoms. The molecule has 3 heterocycles. The quantitative estimate of drug-likeness (QED) is 0.395. The predicted molar refractivity (Wildman–Crippen MR) is 146 cm³/mol. The number of carbonyl (C=O) groups excluding carboxylic acids is 2. The van der Waals surface area contributed by atoms with Gasteiger partial charge in [-0.1, -0.05) is 72.5 Å². The minimum absolute atomic E-state index is 0.0945. The highest BCUT2D eigenvalue weighted by Crippen LogP contribution is 2.39. The van der Waals surface area contributed by atoms with Crippen LogP contribution >= 0.6 is 24.0 Å². The molecule has 6 nitrogen and oxygen atoms in total. The highest BCUT2D eigenvalue weighted by molar-refractivity contribution is 8.26. The summed E-state index contributed by atoms with van der Waals surface area (Å²) in [4.78, 5) is 34.5. The van der Waals surface area contributed by atoms with E-state index in [0.29, 0.717) is 35.2 Å². The van der Waals surface area contributed by atoms with Gasteiger partial charge in [-0.05, 0) is 43.5 Å². The van der Waals surface area contributed by atoms with E-state index in [1.807, 2.05) is 67.6 Å².